The molecule has 0 amide bonds. The predicted molar refractivity (Wildman–Crippen MR) is 93.4 cm³/mol. The number of hydrogen-bond acceptors (Lipinski definition) is 2. The summed E-state index contributed by atoms with van der Waals surface area (Å²) >= 11 is 5.09. The van der Waals surface area contributed by atoms with Gasteiger partial charge in [0.1, 0.15) is 6.54 Å². The Hall–Kier alpha value is -1.63. The number of thiocarbonyl (C=S) groups is 1. The highest BCUT2D eigenvalue weighted by atomic mass is 32.1. The standard InChI is InChI=1S/C16H22F3N3S/c1-6-12-10(3)8-11(4)14(13(12)7-2)22(9-16(17,18)19)15(23)21-20-5/h8H,5-7,9H2,1-4H3,(H,21,23). The lowest BCUT2D eigenvalue weighted by atomic mass is 9.92. The summed E-state index contributed by atoms with van der Waals surface area (Å²) in [5.74, 6) is 0. The van der Waals surface area contributed by atoms with Gasteiger partial charge < -0.3 is 4.90 Å². The Labute approximate surface area is 140 Å². The number of benzene rings is 1. The zero-order valence-electron chi connectivity index (χ0n) is 13.8. The van der Waals surface area contributed by atoms with Crippen LogP contribution in [0.3, 0.4) is 0 Å². The highest BCUT2D eigenvalue weighted by molar-refractivity contribution is 7.80. The van der Waals surface area contributed by atoms with E-state index in [4.69, 9.17) is 12.2 Å². The lowest BCUT2D eigenvalue weighted by Gasteiger charge is -2.31. The minimum Gasteiger partial charge on any atom is -0.308 e. The van der Waals surface area contributed by atoms with E-state index in [-0.39, 0.29) is 5.11 Å². The van der Waals surface area contributed by atoms with Gasteiger partial charge in [0.05, 0.1) is 0 Å². The Kier molecular flexibility index (Phi) is 6.56. The highest BCUT2D eigenvalue weighted by Gasteiger charge is 2.34. The molecule has 128 valence electrons. The van der Waals surface area contributed by atoms with Gasteiger partial charge in [-0.1, -0.05) is 19.9 Å². The van der Waals surface area contributed by atoms with Gasteiger partial charge >= 0.3 is 6.18 Å². The molecule has 0 heterocycles. The number of halogens is 3. The van der Waals surface area contributed by atoms with Gasteiger partial charge in [0.2, 0.25) is 0 Å². The molecular weight excluding hydrogens is 323 g/mol. The van der Waals surface area contributed by atoms with Crippen molar-refractivity contribution in [1.29, 1.82) is 0 Å². The highest BCUT2D eigenvalue weighted by Crippen LogP contribution is 2.33. The van der Waals surface area contributed by atoms with Crippen LogP contribution in [0.25, 0.3) is 0 Å². The van der Waals surface area contributed by atoms with Crippen molar-refractivity contribution in [2.75, 3.05) is 11.4 Å². The van der Waals surface area contributed by atoms with E-state index in [9.17, 15) is 13.2 Å². The largest absolute Gasteiger partial charge is 0.406 e. The van der Waals surface area contributed by atoms with Gasteiger partial charge in [-0.25, -0.2) is 0 Å². The summed E-state index contributed by atoms with van der Waals surface area (Å²) in [6.45, 7) is 9.77. The summed E-state index contributed by atoms with van der Waals surface area (Å²) in [7, 11) is 0. The maximum Gasteiger partial charge on any atom is 0.406 e. The Morgan fingerprint density at radius 1 is 1.22 bits per heavy atom. The molecule has 1 N–H and O–H groups in total. The lowest BCUT2D eigenvalue weighted by Crippen LogP contribution is -2.44. The maximum atomic E-state index is 13.0. The topological polar surface area (TPSA) is 27.6 Å². The van der Waals surface area contributed by atoms with E-state index in [0.29, 0.717) is 12.1 Å². The summed E-state index contributed by atoms with van der Waals surface area (Å²) in [6, 6.07) is 1.90. The monoisotopic (exact) mass is 345 g/mol. The summed E-state index contributed by atoms with van der Waals surface area (Å²) in [5, 5.41) is 3.30. The molecule has 0 bridgehead atoms. The van der Waals surface area contributed by atoms with Crippen LogP contribution in [0, 0.1) is 13.8 Å². The number of hydrazone groups is 1. The van der Waals surface area contributed by atoms with Crippen LogP contribution >= 0.6 is 12.2 Å². The fraction of sp³-hybridized carbons (Fsp3) is 0.500. The van der Waals surface area contributed by atoms with Crippen LogP contribution in [-0.4, -0.2) is 24.6 Å². The van der Waals surface area contributed by atoms with Crippen LogP contribution in [0.2, 0.25) is 0 Å². The zero-order valence-corrected chi connectivity index (χ0v) is 14.7. The molecule has 0 fully saturated rings. The second-order valence-electron chi connectivity index (χ2n) is 5.30. The molecule has 0 aliphatic rings. The molecule has 0 unspecified atom stereocenters. The normalized spacial score (nSPS) is 11.3. The van der Waals surface area contributed by atoms with Crippen LogP contribution in [0.1, 0.15) is 36.1 Å². The van der Waals surface area contributed by atoms with Crippen LogP contribution < -0.4 is 10.3 Å². The number of nitrogens with one attached hydrogen (secondary N) is 1. The summed E-state index contributed by atoms with van der Waals surface area (Å²) in [5.41, 5.74) is 6.67. The van der Waals surface area contributed by atoms with Crippen molar-refractivity contribution in [3.63, 3.8) is 0 Å². The third-order valence-electron chi connectivity index (χ3n) is 3.67. The maximum absolute atomic E-state index is 13.0. The van der Waals surface area contributed by atoms with Crippen LogP contribution in [-0.2, 0) is 12.8 Å². The van der Waals surface area contributed by atoms with E-state index >= 15 is 0 Å². The molecule has 0 atom stereocenters. The molecule has 7 heteroatoms. The van der Waals surface area contributed by atoms with Crippen LogP contribution in [0.5, 0.6) is 0 Å². The Balaban J connectivity index is 3.57. The number of alkyl halides is 3. The zero-order chi connectivity index (χ0) is 17.8. The van der Waals surface area contributed by atoms with Gasteiger partial charge in [0, 0.05) is 12.4 Å². The number of nitrogens with zero attached hydrogens (tertiary/aromatic N) is 2. The van der Waals surface area contributed by atoms with Gasteiger partial charge in [0.15, 0.2) is 5.11 Å². The van der Waals surface area contributed by atoms with E-state index < -0.39 is 12.7 Å². The predicted octanol–water partition coefficient (Wildman–Crippen LogP) is 4.29. The first kappa shape index (κ1) is 19.4. The fourth-order valence-electron chi connectivity index (χ4n) is 2.91. The molecule has 0 aliphatic heterocycles. The molecule has 0 saturated heterocycles. The number of hydrogen-bond donors (Lipinski definition) is 1. The van der Waals surface area contributed by atoms with Crippen LogP contribution in [0.15, 0.2) is 11.2 Å². The van der Waals surface area contributed by atoms with Crippen molar-refractivity contribution in [2.45, 2.75) is 46.7 Å². The fourth-order valence-corrected chi connectivity index (χ4v) is 3.13. The molecule has 1 rings (SSSR count). The molecular formula is C16H22F3N3S. The quantitative estimate of drug-likeness (QED) is 0.490. The average Bonchev–Trinajstić information content (AvgIpc) is 2.43. The molecule has 3 nitrogen and oxygen atoms in total. The first-order valence-corrected chi connectivity index (χ1v) is 7.78. The second-order valence-corrected chi connectivity index (χ2v) is 5.69. The van der Waals surface area contributed by atoms with Crippen molar-refractivity contribution in [1.82, 2.24) is 5.43 Å². The first-order chi connectivity index (χ1) is 10.7. The molecule has 1 aromatic rings. The van der Waals surface area contributed by atoms with Crippen molar-refractivity contribution in [2.24, 2.45) is 5.10 Å². The molecule has 23 heavy (non-hydrogen) atoms. The Bertz CT molecular complexity index is 597. The first-order valence-electron chi connectivity index (χ1n) is 7.38. The van der Waals surface area contributed by atoms with Crippen molar-refractivity contribution in [3.8, 4) is 0 Å². The minimum atomic E-state index is -4.39. The molecule has 0 saturated carbocycles. The summed E-state index contributed by atoms with van der Waals surface area (Å²) in [4.78, 5) is 1.07. The van der Waals surface area contributed by atoms with Crippen molar-refractivity contribution >= 4 is 29.7 Å². The average molecular weight is 345 g/mol. The number of anilines is 1. The summed E-state index contributed by atoms with van der Waals surface area (Å²) in [6.07, 6.45) is -3.01. The van der Waals surface area contributed by atoms with Gasteiger partial charge in [-0.3, -0.25) is 5.43 Å². The Morgan fingerprint density at radius 3 is 2.22 bits per heavy atom. The van der Waals surface area contributed by atoms with Gasteiger partial charge in [-0.15, -0.1) is 0 Å². The molecule has 0 spiro atoms. The van der Waals surface area contributed by atoms with E-state index in [0.717, 1.165) is 33.6 Å². The molecule has 1 aromatic carbocycles. The third kappa shape index (κ3) is 4.67. The van der Waals surface area contributed by atoms with Gasteiger partial charge in [-0.05, 0) is 61.2 Å². The second kappa shape index (κ2) is 7.77. The Morgan fingerprint density at radius 2 is 1.78 bits per heavy atom. The van der Waals surface area contributed by atoms with Crippen molar-refractivity contribution < 1.29 is 13.2 Å². The minimum absolute atomic E-state index is 0.110. The van der Waals surface area contributed by atoms with Gasteiger partial charge in [0.25, 0.3) is 0 Å². The SMILES string of the molecule is C=NNC(=S)N(CC(F)(F)F)c1c(C)cc(C)c(CC)c1CC. The van der Waals surface area contributed by atoms with E-state index in [1.165, 1.54) is 0 Å². The van der Waals surface area contributed by atoms with Crippen LogP contribution in [0.4, 0.5) is 18.9 Å². The van der Waals surface area contributed by atoms with E-state index in [2.05, 4.69) is 17.2 Å². The van der Waals surface area contributed by atoms with E-state index in [1.807, 2.05) is 26.8 Å². The lowest BCUT2D eigenvalue weighted by molar-refractivity contribution is -0.117. The summed E-state index contributed by atoms with van der Waals surface area (Å²) < 4.78 is 39.1. The molecule has 0 radical (unpaired) electrons. The van der Waals surface area contributed by atoms with Gasteiger partial charge in [-0.2, -0.15) is 18.3 Å². The number of rotatable bonds is 5. The number of aryl methyl sites for hydroxylation is 2. The molecule has 0 aromatic heterocycles. The molecule has 0 aliphatic carbocycles. The van der Waals surface area contributed by atoms with E-state index in [1.54, 1.807) is 6.92 Å². The van der Waals surface area contributed by atoms with Crippen molar-refractivity contribution in [3.05, 3.63) is 28.3 Å². The third-order valence-corrected chi connectivity index (χ3v) is 3.98. The smallest absolute Gasteiger partial charge is 0.308 e.